The van der Waals surface area contributed by atoms with E-state index >= 15 is 0 Å². The molecule has 1 aromatic heterocycles. The number of nitrogens with zero attached hydrogens (tertiary/aromatic N) is 2. The number of nitro groups is 1. The van der Waals surface area contributed by atoms with Gasteiger partial charge in [-0.05, 0) is 24.6 Å². The topological polar surface area (TPSA) is 100 Å². The van der Waals surface area contributed by atoms with E-state index in [1.807, 2.05) is 54.6 Å². The lowest BCUT2D eigenvalue weighted by atomic mass is 10.1. The third kappa shape index (κ3) is 5.30. The molecule has 178 valence electrons. The van der Waals surface area contributed by atoms with E-state index in [1.54, 1.807) is 6.92 Å². The van der Waals surface area contributed by atoms with Crippen LogP contribution in [-0.2, 0) is 11.3 Å². The zero-order valence-electron chi connectivity index (χ0n) is 19.1. The largest absolute Gasteiger partial charge is 0.493 e. The number of thiophene rings is 1. The summed E-state index contributed by atoms with van der Waals surface area (Å²) >= 11 is 1.31. The summed E-state index contributed by atoms with van der Waals surface area (Å²) in [5.41, 5.74) is 1.27. The normalized spacial score (nSPS) is 11.0. The van der Waals surface area contributed by atoms with Gasteiger partial charge in [0.2, 0.25) is 0 Å². The van der Waals surface area contributed by atoms with E-state index in [-0.39, 0.29) is 30.2 Å². The number of hydrogen-bond acceptors (Lipinski definition) is 8. The van der Waals surface area contributed by atoms with Crippen LogP contribution in [0.4, 0.5) is 10.7 Å². The molecule has 0 aliphatic carbocycles. The fourth-order valence-corrected chi connectivity index (χ4v) is 4.52. The maximum absolute atomic E-state index is 12.6. The van der Waals surface area contributed by atoms with E-state index < -0.39 is 10.9 Å². The molecule has 0 spiro atoms. The van der Waals surface area contributed by atoms with Crippen LogP contribution in [0.3, 0.4) is 0 Å². The van der Waals surface area contributed by atoms with Crippen LogP contribution in [0.15, 0.2) is 71.7 Å². The van der Waals surface area contributed by atoms with Crippen molar-refractivity contribution in [2.24, 2.45) is 4.99 Å². The molecule has 9 heteroatoms. The van der Waals surface area contributed by atoms with Crippen LogP contribution < -0.4 is 9.47 Å². The molecule has 0 aliphatic rings. The summed E-state index contributed by atoms with van der Waals surface area (Å²) in [6.45, 7) is 2.18. The van der Waals surface area contributed by atoms with Gasteiger partial charge in [-0.25, -0.2) is 9.79 Å². The lowest BCUT2D eigenvalue weighted by Gasteiger charge is -2.12. The Labute approximate surface area is 205 Å². The highest BCUT2D eigenvalue weighted by Crippen LogP contribution is 2.39. The Morgan fingerprint density at radius 3 is 2.54 bits per heavy atom. The van der Waals surface area contributed by atoms with Crippen LogP contribution in [0, 0.1) is 10.1 Å². The summed E-state index contributed by atoms with van der Waals surface area (Å²) in [5.74, 6) is 0.0815. The van der Waals surface area contributed by atoms with E-state index in [1.165, 1.54) is 36.8 Å². The first kappa shape index (κ1) is 23.9. The van der Waals surface area contributed by atoms with Crippen LogP contribution in [0.1, 0.15) is 28.4 Å². The van der Waals surface area contributed by atoms with E-state index in [4.69, 9.17) is 14.2 Å². The number of methoxy groups -OCH3 is 1. The number of fused-ring (bicyclic) bond motifs is 1. The average molecular weight is 491 g/mol. The molecule has 0 amide bonds. The lowest BCUT2D eigenvalue weighted by molar-refractivity contribution is -0.385. The first-order chi connectivity index (χ1) is 17.0. The predicted molar refractivity (Wildman–Crippen MR) is 135 cm³/mol. The molecule has 1 heterocycles. The molecule has 0 aliphatic heterocycles. The van der Waals surface area contributed by atoms with Crippen molar-refractivity contribution >= 4 is 44.3 Å². The van der Waals surface area contributed by atoms with E-state index in [9.17, 15) is 14.9 Å². The van der Waals surface area contributed by atoms with Crippen LogP contribution in [0.2, 0.25) is 0 Å². The number of esters is 1. The third-order valence-corrected chi connectivity index (χ3v) is 6.20. The first-order valence-corrected chi connectivity index (χ1v) is 11.6. The second kappa shape index (κ2) is 10.8. The van der Waals surface area contributed by atoms with Gasteiger partial charge in [-0.3, -0.25) is 10.1 Å². The molecule has 4 rings (SSSR count). The Hall–Kier alpha value is -4.24. The van der Waals surface area contributed by atoms with Crippen molar-refractivity contribution in [3.63, 3.8) is 0 Å². The molecule has 3 aromatic carbocycles. The number of rotatable bonds is 9. The summed E-state index contributed by atoms with van der Waals surface area (Å²) in [5, 5.41) is 13.0. The van der Waals surface area contributed by atoms with Crippen LogP contribution in [0.5, 0.6) is 11.5 Å². The Bertz CT molecular complexity index is 1400. The van der Waals surface area contributed by atoms with Gasteiger partial charge < -0.3 is 14.2 Å². The number of carbonyl (C=O) groups excluding carboxylic acids is 1. The third-order valence-electron chi connectivity index (χ3n) is 5.12. The standard InChI is InChI=1S/C26H22N2O6S/c1-3-33-26(29)24-19-11-7-8-12-23(19)35-25(24)27-15-18-13-21(32-2)22(14-20(18)28(30)31)34-16-17-9-5-4-6-10-17/h4-15H,3,16H2,1-2H3. The fraction of sp³-hybridized carbons (Fsp3) is 0.154. The van der Waals surface area contributed by atoms with Crippen molar-refractivity contribution in [3.8, 4) is 11.5 Å². The quantitative estimate of drug-likeness (QED) is 0.118. The number of benzene rings is 3. The molecule has 0 saturated carbocycles. The molecule has 35 heavy (non-hydrogen) atoms. The number of aliphatic imine (C=N–C) groups is 1. The zero-order valence-corrected chi connectivity index (χ0v) is 19.9. The zero-order chi connectivity index (χ0) is 24.8. The second-order valence-electron chi connectivity index (χ2n) is 7.35. The molecule has 8 nitrogen and oxygen atoms in total. The van der Waals surface area contributed by atoms with Gasteiger partial charge in [-0.15, -0.1) is 11.3 Å². The Balaban J connectivity index is 1.71. The maximum Gasteiger partial charge on any atom is 0.341 e. The minimum Gasteiger partial charge on any atom is -0.493 e. The monoisotopic (exact) mass is 490 g/mol. The summed E-state index contributed by atoms with van der Waals surface area (Å²) in [6.07, 6.45) is 1.36. The van der Waals surface area contributed by atoms with Crippen LogP contribution in [0.25, 0.3) is 10.1 Å². The Kier molecular flexibility index (Phi) is 7.37. The number of carbonyl (C=O) groups is 1. The summed E-state index contributed by atoms with van der Waals surface area (Å²) in [4.78, 5) is 28.4. The summed E-state index contributed by atoms with van der Waals surface area (Å²) < 4.78 is 17.3. The predicted octanol–water partition coefficient (Wildman–Crippen LogP) is 6.32. The van der Waals surface area contributed by atoms with Crippen molar-refractivity contribution < 1.29 is 23.9 Å². The fourth-order valence-electron chi connectivity index (χ4n) is 3.49. The average Bonchev–Trinajstić information content (AvgIpc) is 3.25. The minimum atomic E-state index is -0.507. The van der Waals surface area contributed by atoms with Crippen molar-refractivity contribution in [1.82, 2.24) is 0 Å². The van der Waals surface area contributed by atoms with E-state index in [2.05, 4.69) is 4.99 Å². The molecule has 0 atom stereocenters. The van der Waals surface area contributed by atoms with Crippen LogP contribution in [-0.4, -0.2) is 30.8 Å². The molecule has 4 aromatic rings. The lowest BCUT2D eigenvalue weighted by Crippen LogP contribution is -2.04. The van der Waals surface area contributed by atoms with Crippen molar-refractivity contribution in [2.75, 3.05) is 13.7 Å². The molecule has 0 bridgehead atoms. The minimum absolute atomic E-state index is 0.198. The van der Waals surface area contributed by atoms with Gasteiger partial charge in [0, 0.05) is 16.3 Å². The molecular formula is C26H22N2O6S. The molecular weight excluding hydrogens is 468 g/mol. The smallest absolute Gasteiger partial charge is 0.341 e. The number of nitro benzene ring substituents is 1. The molecule has 0 saturated heterocycles. The Morgan fingerprint density at radius 1 is 1.09 bits per heavy atom. The summed E-state index contributed by atoms with van der Waals surface area (Å²) in [6, 6.07) is 19.7. The molecule has 0 N–H and O–H groups in total. The highest BCUT2D eigenvalue weighted by Gasteiger charge is 2.22. The van der Waals surface area contributed by atoms with Gasteiger partial charge in [0.1, 0.15) is 17.2 Å². The van der Waals surface area contributed by atoms with Crippen molar-refractivity contribution in [3.05, 3.63) is 93.5 Å². The Morgan fingerprint density at radius 2 is 1.83 bits per heavy atom. The summed E-state index contributed by atoms with van der Waals surface area (Å²) in [7, 11) is 1.46. The van der Waals surface area contributed by atoms with Gasteiger partial charge in [0.05, 0.1) is 30.3 Å². The van der Waals surface area contributed by atoms with Crippen LogP contribution >= 0.6 is 11.3 Å². The van der Waals surface area contributed by atoms with Crippen molar-refractivity contribution in [2.45, 2.75) is 13.5 Å². The van der Waals surface area contributed by atoms with Gasteiger partial charge in [-0.1, -0.05) is 48.5 Å². The van der Waals surface area contributed by atoms with Gasteiger partial charge >= 0.3 is 5.97 Å². The maximum atomic E-state index is 12.6. The number of hydrogen-bond donors (Lipinski definition) is 0. The van der Waals surface area contributed by atoms with Gasteiger partial charge in [0.15, 0.2) is 11.5 Å². The molecule has 0 radical (unpaired) electrons. The highest BCUT2D eigenvalue weighted by atomic mass is 32.1. The van der Waals surface area contributed by atoms with E-state index in [0.717, 1.165) is 15.6 Å². The van der Waals surface area contributed by atoms with Gasteiger partial charge in [-0.2, -0.15) is 0 Å². The number of ether oxygens (including phenoxy) is 3. The van der Waals surface area contributed by atoms with Gasteiger partial charge in [0.25, 0.3) is 5.69 Å². The first-order valence-electron chi connectivity index (χ1n) is 10.8. The highest BCUT2D eigenvalue weighted by molar-refractivity contribution is 7.23. The van der Waals surface area contributed by atoms with Crippen molar-refractivity contribution in [1.29, 1.82) is 0 Å². The second-order valence-corrected chi connectivity index (χ2v) is 8.38. The van der Waals surface area contributed by atoms with E-state index in [0.29, 0.717) is 16.3 Å². The SMILES string of the molecule is CCOC(=O)c1c(N=Cc2cc(OC)c(OCc3ccccc3)cc2[N+](=O)[O-])sc2ccccc12. The molecule has 0 unspecified atom stereocenters. The molecule has 0 fully saturated rings.